The van der Waals surface area contributed by atoms with Gasteiger partial charge >= 0.3 is 0 Å². The topological polar surface area (TPSA) is 49.5 Å². The van der Waals surface area contributed by atoms with Crippen LogP contribution in [0.2, 0.25) is 0 Å². The van der Waals surface area contributed by atoms with Crippen LogP contribution in [-0.2, 0) is 0 Å². The average molecular weight is 343 g/mol. The maximum absolute atomic E-state index is 12.6. The largest absolute Gasteiger partial charge is 0.395 e. The minimum absolute atomic E-state index is 0.164. The van der Waals surface area contributed by atoms with Crippen LogP contribution in [0.3, 0.4) is 0 Å². The number of aliphatic hydroxyl groups excluding tert-OH is 1. The molecule has 0 aliphatic heterocycles. The highest BCUT2D eigenvalue weighted by atomic mass is 79.9. The summed E-state index contributed by atoms with van der Waals surface area (Å²) in [6.45, 7) is 1.42. The Balaban J connectivity index is 2.92. The lowest BCUT2D eigenvalue weighted by Gasteiger charge is -2.32. The van der Waals surface area contributed by atoms with E-state index >= 15 is 0 Å². The fourth-order valence-electron chi connectivity index (χ4n) is 1.91. The summed E-state index contributed by atoms with van der Waals surface area (Å²) in [5.74, 6) is 0. The molecule has 0 aliphatic rings. The zero-order valence-electron chi connectivity index (χ0n) is 10.0. The first-order chi connectivity index (χ1) is 8.45. The first-order valence-electron chi connectivity index (χ1n) is 5.59. The molecule has 1 aromatic rings. The van der Waals surface area contributed by atoms with E-state index in [9.17, 15) is 8.78 Å². The van der Waals surface area contributed by atoms with Crippen molar-refractivity contribution in [3.05, 3.63) is 20.8 Å². The molecule has 0 saturated heterocycles. The van der Waals surface area contributed by atoms with Crippen molar-refractivity contribution in [1.82, 2.24) is 4.90 Å². The van der Waals surface area contributed by atoms with Gasteiger partial charge in [0.05, 0.1) is 23.0 Å². The zero-order valence-corrected chi connectivity index (χ0v) is 12.4. The lowest BCUT2D eigenvalue weighted by molar-refractivity contribution is 0.0496. The number of nitrogens with two attached hydrogens (primary N) is 1. The molecule has 3 nitrogen and oxygen atoms in total. The van der Waals surface area contributed by atoms with E-state index < -0.39 is 6.43 Å². The molecule has 18 heavy (non-hydrogen) atoms. The smallest absolute Gasteiger partial charge is 0.251 e. The summed E-state index contributed by atoms with van der Waals surface area (Å²) in [7, 11) is 0. The Labute approximate surface area is 118 Å². The minimum Gasteiger partial charge on any atom is -0.395 e. The van der Waals surface area contributed by atoms with Gasteiger partial charge in [-0.3, -0.25) is 4.90 Å². The van der Waals surface area contributed by atoms with Crippen molar-refractivity contribution < 1.29 is 13.9 Å². The summed E-state index contributed by atoms with van der Waals surface area (Å²) >= 11 is 4.82. The quantitative estimate of drug-likeness (QED) is 0.800. The number of alkyl halides is 2. The highest BCUT2D eigenvalue weighted by Gasteiger charge is 2.27. The van der Waals surface area contributed by atoms with Crippen molar-refractivity contribution in [1.29, 1.82) is 0 Å². The molecule has 0 spiro atoms. The first-order valence-corrected chi connectivity index (χ1v) is 7.20. The summed E-state index contributed by atoms with van der Waals surface area (Å²) in [4.78, 5) is 2.46. The van der Waals surface area contributed by atoms with Crippen LogP contribution in [0.5, 0.6) is 0 Å². The van der Waals surface area contributed by atoms with E-state index in [0.717, 1.165) is 8.66 Å². The van der Waals surface area contributed by atoms with Gasteiger partial charge in [-0.05, 0) is 35.0 Å². The SMILES string of the molecule is CC(N)C(c1ccc(Br)s1)N(CCO)CC(F)F. The van der Waals surface area contributed by atoms with Crippen LogP contribution in [-0.4, -0.2) is 42.2 Å². The second-order valence-electron chi connectivity index (χ2n) is 4.06. The molecule has 7 heteroatoms. The molecular weight excluding hydrogens is 326 g/mol. The molecule has 0 saturated carbocycles. The summed E-state index contributed by atoms with van der Waals surface area (Å²) < 4.78 is 26.1. The molecule has 3 N–H and O–H groups in total. The molecule has 104 valence electrons. The van der Waals surface area contributed by atoms with Gasteiger partial charge in [0, 0.05) is 17.5 Å². The van der Waals surface area contributed by atoms with Gasteiger partial charge in [-0.2, -0.15) is 0 Å². The van der Waals surface area contributed by atoms with Crippen molar-refractivity contribution in [3.8, 4) is 0 Å². The predicted octanol–water partition coefficient (Wildman–Crippen LogP) is 2.46. The van der Waals surface area contributed by atoms with E-state index in [1.165, 1.54) is 16.2 Å². The molecular formula is C11H17BrF2N2OS. The normalized spacial score (nSPS) is 15.3. The van der Waals surface area contributed by atoms with Gasteiger partial charge in [-0.1, -0.05) is 0 Å². The van der Waals surface area contributed by atoms with Crippen molar-refractivity contribution in [2.75, 3.05) is 19.7 Å². The molecule has 2 atom stereocenters. The van der Waals surface area contributed by atoms with Crippen LogP contribution in [0, 0.1) is 0 Å². The van der Waals surface area contributed by atoms with E-state index in [-0.39, 0.29) is 31.8 Å². The minimum atomic E-state index is -2.44. The van der Waals surface area contributed by atoms with Crippen LogP contribution in [0.4, 0.5) is 8.78 Å². The van der Waals surface area contributed by atoms with Crippen LogP contribution in [0.25, 0.3) is 0 Å². The molecule has 0 amide bonds. The molecule has 0 aromatic carbocycles. The average Bonchev–Trinajstić information content (AvgIpc) is 2.63. The Morgan fingerprint density at radius 2 is 2.17 bits per heavy atom. The Hall–Kier alpha value is -0.0800. The molecule has 1 rings (SSSR count). The van der Waals surface area contributed by atoms with Crippen LogP contribution in [0.15, 0.2) is 15.9 Å². The highest BCUT2D eigenvalue weighted by molar-refractivity contribution is 9.11. The Kier molecular flexibility index (Phi) is 6.65. The van der Waals surface area contributed by atoms with Gasteiger partial charge in [0.15, 0.2) is 0 Å². The molecule has 2 unspecified atom stereocenters. The third kappa shape index (κ3) is 4.55. The van der Waals surface area contributed by atoms with Crippen molar-refractivity contribution in [3.63, 3.8) is 0 Å². The van der Waals surface area contributed by atoms with Gasteiger partial charge in [0.2, 0.25) is 0 Å². The third-order valence-corrected chi connectivity index (χ3v) is 4.23. The second kappa shape index (κ2) is 7.49. The fourth-order valence-corrected chi connectivity index (χ4v) is 3.58. The Morgan fingerprint density at radius 3 is 2.56 bits per heavy atom. The first kappa shape index (κ1) is 16.0. The Bertz CT molecular complexity index is 363. The van der Waals surface area contributed by atoms with Crippen molar-refractivity contribution in [2.24, 2.45) is 5.73 Å². The van der Waals surface area contributed by atoms with Gasteiger partial charge in [0.25, 0.3) is 6.43 Å². The van der Waals surface area contributed by atoms with E-state index in [1.54, 1.807) is 6.92 Å². The van der Waals surface area contributed by atoms with E-state index in [4.69, 9.17) is 10.8 Å². The summed E-state index contributed by atoms with van der Waals surface area (Å²) in [6, 6.07) is 3.15. The second-order valence-corrected chi connectivity index (χ2v) is 6.55. The Morgan fingerprint density at radius 1 is 1.50 bits per heavy atom. The number of rotatable bonds is 7. The molecule has 1 heterocycles. The van der Waals surface area contributed by atoms with Crippen molar-refractivity contribution in [2.45, 2.75) is 25.4 Å². The summed E-state index contributed by atoms with van der Waals surface area (Å²) in [5.41, 5.74) is 5.91. The fraction of sp³-hybridized carbons (Fsp3) is 0.636. The lowest BCUT2D eigenvalue weighted by Crippen LogP contribution is -2.42. The number of hydrogen-bond donors (Lipinski definition) is 2. The van der Waals surface area contributed by atoms with Crippen LogP contribution < -0.4 is 5.73 Å². The molecule has 1 aromatic heterocycles. The molecule has 0 bridgehead atoms. The van der Waals surface area contributed by atoms with E-state index in [0.29, 0.717) is 0 Å². The third-order valence-electron chi connectivity index (χ3n) is 2.54. The standard InChI is InChI=1S/C11H17BrF2N2OS/c1-7(15)11(8-2-3-9(12)18-8)16(4-5-17)6-10(13)14/h2-3,7,10-11,17H,4-6,15H2,1H3. The number of hydrogen-bond acceptors (Lipinski definition) is 4. The van der Waals surface area contributed by atoms with Gasteiger partial charge in [0.1, 0.15) is 0 Å². The monoisotopic (exact) mass is 342 g/mol. The van der Waals surface area contributed by atoms with E-state index in [1.807, 2.05) is 12.1 Å². The maximum Gasteiger partial charge on any atom is 0.251 e. The molecule has 0 aliphatic carbocycles. The van der Waals surface area contributed by atoms with Gasteiger partial charge in [-0.15, -0.1) is 11.3 Å². The molecule has 0 fully saturated rings. The van der Waals surface area contributed by atoms with Crippen LogP contribution in [0.1, 0.15) is 17.8 Å². The van der Waals surface area contributed by atoms with Gasteiger partial charge < -0.3 is 10.8 Å². The summed E-state index contributed by atoms with van der Waals surface area (Å²) in [6.07, 6.45) is -2.44. The number of thiophene rings is 1. The van der Waals surface area contributed by atoms with Crippen LogP contribution >= 0.6 is 27.3 Å². The maximum atomic E-state index is 12.6. The molecule has 0 radical (unpaired) electrons. The number of halogens is 3. The van der Waals surface area contributed by atoms with Gasteiger partial charge in [-0.25, -0.2) is 8.78 Å². The highest BCUT2D eigenvalue weighted by Crippen LogP contribution is 2.32. The summed E-state index contributed by atoms with van der Waals surface area (Å²) in [5, 5.41) is 9.00. The predicted molar refractivity (Wildman–Crippen MR) is 73.1 cm³/mol. The lowest BCUT2D eigenvalue weighted by atomic mass is 10.1. The zero-order chi connectivity index (χ0) is 13.7. The van der Waals surface area contributed by atoms with Crippen molar-refractivity contribution >= 4 is 27.3 Å². The number of nitrogens with zero attached hydrogens (tertiary/aromatic N) is 1. The van der Waals surface area contributed by atoms with E-state index in [2.05, 4.69) is 15.9 Å². The number of aliphatic hydroxyl groups is 1.